The maximum absolute atomic E-state index is 4.26. The van der Waals surface area contributed by atoms with Crippen LogP contribution in [0.15, 0.2) is 21.8 Å². The van der Waals surface area contributed by atoms with Crippen LogP contribution in [0.2, 0.25) is 0 Å². The van der Waals surface area contributed by atoms with Crippen molar-refractivity contribution in [2.24, 2.45) is 10.9 Å². The average Bonchev–Trinajstić information content (AvgIpc) is 3.04. The third-order valence-electron chi connectivity index (χ3n) is 3.45. The van der Waals surface area contributed by atoms with Gasteiger partial charge in [0.1, 0.15) is 0 Å². The molecule has 0 spiro atoms. The monoisotopic (exact) mass is 393 g/mol. The van der Waals surface area contributed by atoms with Crippen molar-refractivity contribution in [3.05, 3.63) is 22.4 Å². The molecule has 1 saturated carbocycles. The van der Waals surface area contributed by atoms with Crippen LogP contribution in [0.4, 0.5) is 0 Å². The Morgan fingerprint density at radius 1 is 1.47 bits per heavy atom. The normalized spacial score (nSPS) is 16.6. The van der Waals surface area contributed by atoms with E-state index in [2.05, 4.69) is 39.4 Å². The Hall–Kier alpha value is -0.300. The maximum Gasteiger partial charge on any atom is 0.190 e. The van der Waals surface area contributed by atoms with E-state index in [1.165, 1.54) is 24.8 Å². The molecule has 3 nitrogen and oxygen atoms in total. The lowest BCUT2D eigenvalue weighted by Gasteiger charge is -2.15. The van der Waals surface area contributed by atoms with Crippen molar-refractivity contribution in [3.63, 3.8) is 0 Å². The highest BCUT2D eigenvalue weighted by molar-refractivity contribution is 14.0. The van der Waals surface area contributed by atoms with Crippen LogP contribution in [-0.2, 0) is 0 Å². The van der Waals surface area contributed by atoms with E-state index < -0.39 is 0 Å². The molecule has 108 valence electrons. The van der Waals surface area contributed by atoms with Crippen LogP contribution < -0.4 is 10.6 Å². The molecular weight excluding hydrogens is 369 g/mol. The first-order valence-electron chi connectivity index (χ1n) is 6.76. The molecule has 1 fully saturated rings. The van der Waals surface area contributed by atoms with E-state index in [-0.39, 0.29) is 24.0 Å². The van der Waals surface area contributed by atoms with Gasteiger partial charge in [0, 0.05) is 20.1 Å². The zero-order chi connectivity index (χ0) is 12.8. The van der Waals surface area contributed by atoms with Gasteiger partial charge in [-0.2, -0.15) is 11.3 Å². The minimum Gasteiger partial charge on any atom is -0.356 e. The molecule has 2 N–H and O–H groups in total. The molecule has 0 aliphatic heterocycles. The van der Waals surface area contributed by atoms with Gasteiger partial charge in [-0.05, 0) is 40.6 Å². The van der Waals surface area contributed by atoms with E-state index in [0.717, 1.165) is 25.0 Å². The molecule has 0 aromatic carbocycles. The summed E-state index contributed by atoms with van der Waals surface area (Å²) in [6.45, 7) is 4.21. The van der Waals surface area contributed by atoms with Gasteiger partial charge in [0.2, 0.25) is 0 Å². The Morgan fingerprint density at radius 3 is 2.84 bits per heavy atom. The first kappa shape index (κ1) is 16.8. The molecule has 0 bridgehead atoms. The van der Waals surface area contributed by atoms with Gasteiger partial charge < -0.3 is 10.6 Å². The summed E-state index contributed by atoms with van der Waals surface area (Å²) < 4.78 is 0. The lowest BCUT2D eigenvalue weighted by Crippen LogP contribution is -2.39. The van der Waals surface area contributed by atoms with E-state index >= 15 is 0 Å². The summed E-state index contributed by atoms with van der Waals surface area (Å²) in [5, 5.41) is 11.1. The number of aliphatic imine (C=N–C) groups is 1. The number of guanidine groups is 1. The van der Waals surface area contributed by atoms with E-state index in [9.17, 15) is 0 Å². The zero-order valence-corrected chi connectivity index (χ0v) is 14.8. The summed E-state index contributed by atoms with van der Waals surface area (Å²) in [4.78, 5) is 4.26. The third-order valence-corrected chi connectivity index (χ3v) is 4.15. The van der Waals surface area contributed by atoms with E-state index in [4.69, 9.17) is 0 Å². The van der Waals surface area contributed by atoms with Gasteiger partial charge >= 0.3 is 0 Å². The molecule has 1 atom stereocenters. The first-order chi connectivity index (χ1) is 8.79. The van der Waals surface area contributed by atoms with Crippen LogP contribution in [0.5, 0.6) is 0 Å². The fraction of sp³-hybridized carbons (Fsp3) is 0.643. The molecule has 1 unspecified atom stereocenters. The maximum atomic E-state index is 4.26. The van der Waals surface area contributed by atoms with Gasteiger partial charge in [-0.3, -0.25) is 4.99 Å². The Bertz CT molecular complexity index is 374. The minimum atomic E-state index is 0. The predicted molar refractivity (Wildman–Crippen MR) is 94.9 cm³/mol. The quantitative estimate of drug-likeness (QED) is 0.441. The molecule has 2 rings (SSSR count). The van der Waals surface area contributed by atoms with Crippen molar-refractivity contribution in [2.45, 2.75) is 32.1 Å². The van der Waals surface area contributed by atoms with Crippen molar-refractivity contribution in [3.8, 4) is 0 Å². The second-order valence-corrected chi connectivity index (χ2v) is 5.85. The fourth-order valence-electron chi connectivity index (χ4n) is 1.94. The van der Waals surface area contributed by atoms with Gasteiger partial charge in [0.15, 0.2) is 5.96 Å². The summed E-state index contributed by atoms with van der Waals surface area (Å²) in [5.74, 6) is 2.43. The number of halogens is 1. The van der Waals surface area contributed by atoms with Crippen LogP contribution >= 0.6 is 35.3 Å². The zero-order valence-electron chi connectivity index (χ0n) is 11.7. The molecule has 1 heterocycles. The summed E-state index contributed by atoms with van der Waals surface area (Å²) in [6.07, 6.45) is 4.12. The van der Waals surface area contributed by atoms with Crippen LogP contribution in [0.1, 0.15) is 37.7 Å². The Morgan fingerprint density at radius 2 is 2.26 bits per heavy atom. The summed E-state index contributed by atoms with van der Waals surface area (Å²) >= 11 is 1.76. The van der Waals surface area contributed by atoms with Crippen molar-refractivity contribution >= 4 is 41.3 Å². The molecular formula is C14H24IN3S. The van der Waals surface area contributed by atoms with E-state index in [1.807, 2.05) is 7.05 Å². The minimum absolute atomic E-state index is 0. The SMILES string of the molecule is CN=C(NCCC1CC1)NCC(C)c1ccsc1.I. The number of rotatable bonds is 6. The Labute approximate surface area is 137 Å². The Balaban J connectivity index is 0.00000180. The molecule has 1 aliphatic rings. The summed E-state index contributed by atoms with van der Waals surface area (Å²) in [7, 11) is 1.84. The van der Waals surface area contributed by atoms with Gasteiger partial charge in [-0.25, -0.2) is 0 Å². The van der Waals surface area contributed by atoms with Crippen molar-refractivity contribution < 1.29 is 0 Å². The van der Waals surface area contributed by atoms with Gasteiger partial charge in [-0.15, -0.1) is 24.0 Å². The lowest BCUT2D eigenvalue weighted by atomic mass is 10.1. The molecule has 0 saturated heterocycles. The second-order valence-electron chi connectivity index (χ2n) is 5.07. The largest absolute Gasteiger partial charge is 0.356 e. The van der Waals surface area contributed by atoms with Crippen LogP contribution in [0.3, 0.4) is 0 Å². The standard InChI is InChI=1S/C14H23N3S.HI/c1-11(13-6-8-18-10-13)9-17-14(15-2)16-7-5-12-3-4-12;/h6,8,10-12H,3-5,7,9H2,1-2H3,(H2,15,16,17);1H. The van der Waals surface area contributed by atoms with Gasteiger partial charge in [-0.1, -0.05) is 19.8 Å². The second kappa shape index (κ2) is 8.79. The number of thiophene rings is 1. The number of hydrogen-bond donors (Lipinski definition) is 2. The predicted octanol–water partition coefficient (Wildman–Crippen LogP) is 3.43. The van der Waals surface area contributed by atoms with Crippen LogP contribution in [0.25, 0.3) is 0 Å². The highest BCUT2D eigenvalue weighted by Gasteiger charge is 2.20. The third kappa shape index (κ3) is 6.12. The van der Waals surface area contributed by atoms with Crippen LogP contribution in [-0.4, -0.2) is 26.1 Å². The number of nitrogens with one attached hydrogen (secondary N) is 2. The van der Waals surface area contributed by atoms with E-state index in [1.54, 1.807) is 11.3 Å². The molecule has 5 heteroatoms. The number of hydrogen-bond acceptors (Lipinski definition) is 2. The van der Waals surface area contributed by atoms with Crippen molar-refractivity contribution in [1.82, 2.24) is 10.6 Å². The first-order valence-corrected chi connectivity index (χ1v) is 7.70. The Kier molecular flexibility index (Phi) is 7.75. The molecule has 0 amide bonds. The molecule has 1 aliphatic carbocycles. The van der Waals surface area contributed by atoms with E-state index in [0.29, 0.717) is 5.92 Å². The van der Waals surface area contributed by atoms with Gasteiger partial charge in [0.25, 0.3) is 0 Å². The summed E-state index contributed by atoms with van der Waals surface area (Å²) in [5.41, 5.74) is 1.40. The molecule has 1 aromatic heterocycles. The highest BCUT2D eigenvalue weighted by Crippen LogP contribution is 2.31. The topological polar surface area (TPSA) is 36.4 Å². The smallest absolute Gasteiger partial charge is 0.190 e. The molecule has 0 radical (unpaired) electrons. The lowest BCUT2D eigenvalue weighted by molar-refractivity contribution is 0.666. The van der Waals surface area contributed by atoms with Crippen molar-refractivity contribution in [2.75, 3.05) is 20.1 Å². The number of nitrogens with zero attached hydrogens (tertiary/aromatic N) is 1. The average molecular weight is 393 g/mol. The van der Waals surface area contributed by atoms with Gasteiger partial charge in [0.05, 0.1) is 0 Å². The van der Waals surface area contributed by atoms with Crippen LogP contribution in [0, 0.1) is 5.92 Å². The molecule has 1 aromatic rings. The highest BCUT2D eigenvalue weighted by atomic mass is 127. The summed E-state index contributed by atoms with van der Waals surface area (Å²) in [6, 6.07) is 2.19. The van der Waals surface area contributed by atoms with Crippen molar-refractivity contribution in [1.29, 1.82) is 0 Å². The fourth-order valence-corrected chi connectivity index (χ4v) is 2.73. The molecule has 19 heavy (non-hydrogen) atoms.